The van der Waals surface area contributed by atoms with Gasteiger partial charge in [-0.15, -0.1) is 0 Å². The Morgan fingerprint density at radius 2 is 2.15 bits per heavy atom. The zero-order chi connectivity index (χ0) is 14.7. The van der Waals surface area contributed by atoms with Crippen LogP contribution in [0.4, 0.5) is 4.39 Å². The first kappa shape index (κ1) is 15.0. The molecule has 2 aromatic rings. The quantitative estimate of drug-likeness (QED) is 0.915. The first-order valence-corrected chi connectivity index (χ1v) is 7.08. The van der Waals surface area contributed by atoms with Crippen molar-refractivity contribution in [2.75, 3.05) is 7.05 Å². The largest absolute Gasteiger partial charge is 0.313 e. The summed E-state index contributed by atoms with van der Waals surface area (Å²) in [5.41, 5.74) is 3.02. The molecule has 0 radical (unpaired) electrons. The third-order valence-corrected chi connectivity index (χ3v) is 3.70. The van der Waals surface area contributed by atoms with Gasteiger partial charge in [0.2, 0.25) is 0 Å². The van der Waals surface area contributed by atoms with Gasteiger partial charge in [-0.05, 0) is 44.7 Å². The maximum absolute atomic E-state index is 13.6. The molecule has 1 aromatic heterocycles. The topological polar surface area (TPSA) is 29.9 Å². The van der Waals surface area contributed by atoms with Gasteiger partial charge in [-0.2, -0.15) is 5.10 Å². The van der Waals surface area contributed by atoms with Gasteiger partial charge in [0.05, 0.1) is 10.7 Å². The van der Waals surface area contributed by atoms with E-state index in [1.54, 1.807) is 6.07 Å². The molecule has 1 unspecified atom stereocenters. The van der Waals surface area contributed by atoms with Crippen molar-refractivity contribution < 1.29 is 4.39 Å². The van der Waals surface area contributed by atoms with E-state index in [1.165, 1.54) is 6.07 Å². The zero-order valence-corrected chi connectivity index (χ0v) is 12.7. The van der Waals surface area contributed by atoms with Crippen LogP contribution in [-0.4, -0.2) is 16.8 Å². The number of hydrogen-bond donors (Lipinski definition) is 1. The Labute approximate surface area is 123 Å². The maximum atomic E-state index is 13.6. The van der Waals surface area contributed by atoms with E-state index < -0.39 is 0 Å². The standard InChI is InChI=1S/C15H19ClFN3/c1-4-20-12(7-10(2)19-20)9-15(18-3)11-5-6-13(16)14(17)8-11/h5-8,15,18H,4,9H2,1-3H3. The molecule has 108 valence electrons. The summed E-state index contributed by atoms with van der Waals surface area (Å²) in [6, 6.07) is 7.04. The summed E-state index contributed by atoms with van der Waals surface area (Å²) in [6.45, 7) is 4.87. The van der Waals surface area contributed by atoms with E-state index in [9.17, 15) is 4.39 Å². The van der Waals surface area contributed by atoms with Gasteiger partial charge in [0, 0.05) is 24.7 Å². The van der Waals surface area contributed by atoms with Gasteiger partial charge < -0.3 is 5.32 Å². The fourth-order valence-electron chi connectivity index (χ4n) is 2.36. The fraction of sp³-hybridized carbons (Fsp3) is 0.400. The molecule has 0 saturated carbocycles. The van der Waals surface area contributed by atoms with E-state index in [1.807, 2.05) is 24.7 Å². The number of rotatable bonds is 5. The summed E-state index contributed by atoms with van der Waals surface area (Å²) in [5, 5.41) is 7.81. The molecule has 0 saturated heterocycles. The number of halogens is 2. The molecule has 0 spiro atoms. The van der Waals surface area contributed by atoms with Crippen molar-refractivity contribution in [3.8, 4) is 0 Å². The second-order valence-corrected chi connectivity index (χ2v) is 5.22. The van der Waals surface area contributed by atoms with Crippen LogP contribution in [0.5, 0.6) is 0 Å². The lowest BCUT2D eigenvalue weighted by Crippen LogP contribution is -2.20. The second-order valence-electron chi connectivity index (χ2n) is 4.81. The Bertz CT molecular complexity index is 595. The number of likely N-dealkylation sites (N-methyl/N-ethyl adjacent to an activating group) is 1. The third kappa shape index (κ3) is 3.19. The summed E-state index contributed by atoms with van der Waals surface area (Å²) in [6.07, 6.45) is 0.756. The molecule has 2 rings (SSSR count). The number of aryl methyl sites for hydroxylation is 2. The molecule has 0 aliphatic carbocycles. The molecule has 1 aromatic carbocycles. The van der Waals surface area contributed by atoms with E-state index in [4.69, 9.17) is 11.6 Å². The fourth-order valence-corrected chi connectivity index (χ4v) is 2.48. The molecule has 5 heteroatoms. The Morgan fingerprint density at radius 3 is 2.75 bits per heavy atom. The molecule has 20 heavy (non-hydrogen) atoms. The van der Waals surface area contributed by atoms with Crippen LogP contribution >= 0.6 is 11.6 Å². The molecule has 0 amide bonds. The minimum atomic E-state index is -0.385. The Balaban J connectivity index is 2.26. The van der Waals surface area contributed by atoms with Crippen molar-refractivity contribution in [3.05, 3.63) is 52.1 Å². The molecule has 1 N–H and O–H groups in total. The molecular weight excluding hydrogens is 277 g/mol. The molecule has 0 fully saturated rings. The average Bonchev–Trinajstić information content (AvgIpc) is 2.79. The van der Waals surface area contributed by atoms with E-state index in [0.717, 1.165) is 29.9 Å². The van der Waals surface area contributed by atoms with Crippen molar-refractivity contribution in [2.24, 2.45) is 0 Å². The highest BCUT2D eigenvalue weighted by atomic mass is 35.5. The predicted octanol–water partition coefficient (Wildman–Crippen LogP) is 3.51. The van der Waals surface area contributed by atoms with Crippen molar-refractivity contribution >= 4 is 11.6 Å². The van der Waals surface area contributed by atoms with Crippen molar-refractivity contribution in [2.45, 2.75) is 32.9 Å². The molecule has 0 aliphatic heterocycles. The van der Waals surface area contributed by atoms with Crippen LogP contribution in [0.3, 0.4) is 0 Å². The van der Waals surface area contributed by atoms with Gasteiger partial charge in [0.1, 0.15) is 5.82 Å². The Morgan fingerprint density at radius 1 is 1.40 bits per heavy atom. The summed E-state index contributed by atoms with van der Waals surface area (Å²) in [4.78, 5) is 0. The van der Waals surface area contributed by atoms with Crippen LogP contribution in [0, 0.1) is 12.7 Å². The predicted molar refractivity (Wildman–Crippen MR) is 79.6 cm³/mol. The first-order valence-electron chi connectivity index (χ1n) is 6.70. The Kier molecular flexibility index (Phi) is 4.78. The van der Waals surface area contributed by atoms with E-state index in [0.29, 0.717) is 0 Å². The summed E-state index contributed by atoms with van der Waals surface area (Å²) in [7, 11) is 1.87. The Hall–Kier alpha value is -1.39. The van der Waals surface area contributed by atoms with Gasteiger partial charge in [-0.1, -0.05) is 17.7 Å². The molecule has 1 heterocycles. The van der Waals surface area contributed by atoms with Gasteiger partial charge >= 0.3 is 0 Å². The van der Waals surface area contributed by atoms with Crippen LogP contribution in [-0.2, 0) is 13.0 Å². The lowest BCUT2D eigenvalue weighted by molar-refractivity contribution is 0.536. The number of benzene rings is 1. The summed E-state index contributed by atoms with van der Waals surface area (Å²) in [5.74, 6) is -0.385. The van der Waals surface area contributed by atoms with Crippen LogP contribution < -0.4 is 5.32 Å². The van der Waals surface area contributed by atoms with Crippen LogP contribution in [0.1, 0.15) is 29.9 Å². The monoisotopic (exact) mass is 295 g/mol. The maximum Gasteiger partial charge on any atom is 0.142 e. The van der Waals surface area contributed by atoms with Crippen LogP contribution in [0.15, 0.2) is 24.3 Å². The SMILES string of the molecule is CCn1nc(C)cc1CC(NC)c1ccc(Cl)c(F)c1. The number of aromatic nitrogens is 2. The number of hydrogen-bond acceptors (Lipinski definition) is 2. The second kappa shape index (κ2) is 6.37. The first-order chi connectivity index (χ1) is 9.55. The van der Waals surface area contributed by atoms with Gasteiger partial charge in [-0.25, -0.2) is 4.39 Å². The minimum Gasteiger partial charge on any atom is -0.313 e. The molecule has 3 nitrogen and oxygen atoms in total. The van der Waals surface area contributed by atoms with Crippen LogP contribution in [0.2, 0.25) is 5.02 Å². The minimum absolute atomic E-state index is 0.0307. The van der Waals surface area contributed by atoms with Crippen molar-refractivity contribution in [1.82, 2.24) is 15.1 Å². The average molecular weight is 296 g/mol. The van der Waals surface area contributed by atoms with Crippen molar-refractivity contribution in [1.29, 1.82) is 0 Å². The van der Waals surface area contributed by atoms with E-state index in [-0.39, 0.29) is 16.9 Å². The van der Waals surface area contributed by atoms with E-state index in [2.05, 4.69) is 23.4 Å². The number of nitrogens with one attached hydrogen (secondary N) is 1. The van der Waals surface area contributed by atoms with Gasteiger partial charge in [0.25, 0.3) is 0 Å². The molecular formula is C15H19ClFN3. The highest BCUT2D eigenvalue weighted by Gasteiger charge is 2.15. The third-order valence-electron chi connectivity index (χ3n) is 3.39. The normalized spacial score (nSPS) is 12.7. The zero-order valence-electron chi connectivity index (χ0n) is 12.0. The van der Waals surface area contributed by atoms with Crippen LogP contribution in [0.25, 0.3) is 0 Å². The lowest BCUT2D eigenvalue weighted by Gasteiger charge is -2.17. The highest BCUT2D eigenvalue weighted by Crippen LogP contribution is 2.23. The highest BCUT2D eigenvalue weighted by molar-refractivity contribution is 6.30. The molecule has 0 bridgehead atoms. The molecule has 0 aliphatic rings. The lowest BCUT2D eigenvalue weighted by atomic mass is 10.0. The molecule has 1 atom stereocenters. The van der Waals surface area contributed by atoms with E-state index >= 15 is 0 Å². The van der Waals surface area contributed by atoms with Gasteiger partial charge in [0.15, 0.2) is 0 Å². The summed E-state index contributed by atoms with van der Waals surface area (Å²) < 4.78 is 15.6. The summed E-state index contributed by atoms with van der Waals surface area (Å²) >= 11 is 5.73. The van der Waals surface area contributed by atoms with Gasteiger partial charge in [-0.3, -0.25) is 4.68 Å². The number of nitrogens with zero attached hydrogens (tertiary/aromatic N) is 2. The smallest absolute Gasteiger partial charge is 0.142 e. The van der Waals surface area contributed by atoms with Crippen molar-refractivity contribution in [3.63, 3.8) is 0 Å².